The van der Waals surface area contributed by atoms with Gasteiger partial charge in [0.2, 0.25) is 11.8 Å². The normalized spacial score (nSPS) is 11.0. The Morgan fingerprint density at radius 2 is 2.00 bits per heavy atom. The first-order chi connectivity index (χ1) is 10.5. The number of aryl methyl sites for hydroxylation is 1. The summed E-state index contributed by atoms with van der Waals surface area (Å²) >= 11 is 0. The van der Waals surface area contributed by atoms with Gasteiger partial charge in [-0.15, -0.1) is 0 Å². The van der Waals surface area contributed by atoms with E-state index < -0.39 is 5.91 Å². The van der Waals surface area contributed by atoms with E-state index in [-0.39, 0.29) is 18.5 Å². The Morgan fingerprint density at radius 3 is 2.68 bits per heavy atom. The van der Waals surface area contributed by atoms with Gasteiger partial charge in [-0.1, -0.05) is 18.2 Å². The maximum atomic E-state index is 12.2. The van der Waals surface area contributed by atoms with Crippen molar-refractivity contribution in [1.29, 1.82) is 0 Å². The number of carbonyl (C=O) groups excluding carboxylic acids is 2. The monoisotopic (exact) mass is 301 g/mol. The van der Waals surface area contributed by atoms with Crippen molar-refractivity contribution in [1.82, 2.24) is 9.88 Å². The van der Waals surface area contributed by atoms with Gasteiger partial charge < -0.3 is 15.6 Å². The lowest BCUT2D eigenvalue weighted by molar-refractivity contribution is -0.136. The Hall–Kier alpha value is -2.30. The molecule has 22 heavy (non-hydrogen) atoms. The van der Waals surface area contributed by atoms with Crippen LogP contribution in [0.5, 0.6) is 0 Å². The number of nitrogens with two attached hydrogens (primary N) is 1. The summed E-state index contributed by atoms with van der Waals surface area (Å²) in [7, 11) is 0. The highest BCUT2D eigenvalue weighted by atomic mass is 16.2. The molecule has 2 amide bonds. The third-order valence-corrected chi connectivity index (χ3v) is 3.78. The van der Waals surface area contributed by atoms with Gasteiger partial charge >= 0.3 is 0 Å². The number of para-hydroxylation sites is 1. The number of amides is 2. The number of nitrogens with zero attached hydrogens (tertiary/aromatic N) is 1. The van der Waals surface area contributed by atoms with Gasteiger partial charge in [0.25, 0.3) is 0 Å². The van der Waals surface area contributed by atoms with Crippen LogP contribution in [0.15, 0.2) is 30.5 Å². The molecule has 2 rings (SSSR count). The highest BCUT2D eigenvalue weighted by molar-refractivity contribution is 5.84. The third-order valence-electron chi connectivity index (χ3n) is 3.78. The zero-order valence-electron chi connectivity index (χ0n) is 13.1. The van der Waals surface area contributed by atoms with Gasteiger partial charge in [-0.05, 0) is 38.3 Å². The van der Waals surface area contributed by atoms with E-state index >= 15 is 0 Å². The number of hydrogen-bond donors (Lipinski definition) is 2. The first kappa shape index (κ1) is 16.1. The first-order valence-electron chi connectivity index (χ1n) is 7.62. The zero-order valence-corrected chi connectivity index (χ0v) is 13.1. The van der Waals surface area contributed by atoms with E-state index in [0.29, 0.717) is 6.42 Å². The van der Waals surface area contributed by atoms with E-state index in [0.717, 1.165) is 18.4 Å². The number of hydrogen-bond acceptors (Lipinski definition) is 2. The number of rotatable bonds is 7. The van der Waals surface area contributed by atoms with Crippen LogP contribution in [0.1, 0.15) is 32.3 Å². The van der Waals surface area contributed by atoms with Crippen molar-refractivity contribution in [3.8, 4) is 0 Å². The highest BCUT2D eigenvalue weighted by Gasteiger charge is 2.18. The molecule has 5 nitrogen and oxygen atoms in total. The lowest BCUT2D eigenvalue weighted by Crippen LogP contribution is -2.42. The summed E-state index contributed by atoms with van der Waals surface area (Å²) < 4.78 is 0. The summed E-state index contributed by atoms with van der Waals surface area (Å²) in [6.45, 7) is 3.77. The minimum atomic E-state index is -0.473. The molecule has 0 saturated carbocycles. The molecule has 1 heterocycles. The summed E-state index contributed by atoms with van der Waals surface area (Å²) in [5.74, 6) is -0.493. The van der Waals surface area contributed by atoms with Gasteiger partial charge in [0.05, 0.1) is 6.54 Å². The molecule has 0 saturated heterocycles. The lowest BCUT2D eigenvalue weighted by Gasteiger charge is -2.25. The Morgan fingerprint density at radius 1 is 1.27 bits per heavy atom. The predicted molar refractivity (Wildman–Crippen MR) is 87.3 cm³/mol. The first-order valence-corrected chi connectivity index (χ1v) is 7.62. The average molecular weight is 301 g/mol. The number of fused-ring (bicyclic) bond motifs is 1. The summed E-state index contributed by atoms with van der Waals surface area (Å²) in [6.07, 6.45) is 4.00. The van der Waals surface area contributed by atoms with E-state index in [9.17, 15) is 9.59 Å². The molecule has 0 unspecified atom stereocenters. The summed E-state index contributed by atoms with van der Waals surface area (Å²) in [4.78, 5) is 28.0. The van der Waals surface area contributed by atoms with Crippen LogP contribution < -0.4 is 5.73 Å². The predicted octanol–water partition coefficient (Wildman–Crippen LogP) is 2.21. The topological polar surface area (TPSA) is 79.2 Å². The number of primary amides is 1. The molecule has 0 radical (unpaired) electrons. The van der Waals surface area contributed by atoms with Gasteiger partial charge in [0.1, 0.15) is 0 Å². The lowest BCUT2D eigenvalue weighted by atomic mass is 10.1. The third kappa shape index (κ3) is 3.87. The fraction of sp³-hybridized carbons (Fsp3) is 0.412. The number of H-pyrrole nitrogens is 1. The molecule has 2 aromatic rings. The highest BCUT2D eigenvalue weighted by Crippen LogP contribution is 2.19. The fourth-order valence-corrected chi connectivity index (χ4v) is 2.64. The van der Waals surface area contributed by atoms with Gasteiger partial charge in [-0.3, -0.25) is 9.59 Å². The Balaban J connectivity index is 1.92. The largest absolute Gasteiger partial charge is 0.368 e. The zero-order chi connectivity index (χ0) is 16.1. The SMILES string of the molecule is CC(C)N(CC(N)=O)C(=O)CCCc1c[nH]c2ccccc12. The molecule has 5 heteroatoms. The molecular formula is C17H23N3O2. The van der Waals surface area contributed by atoms with E-state index in [2.05, 4.69) is 11.1 Å². The van der Waals surface area contributed by atoms with E-state index in [1.165, 1.54) is 15.8 Å². The second-order valence-electron chi connectivity index (χ2n) is 5.79. The molecule has 0 atom stereocenters. The minimum Gasteiger partial charge on any atom is -0.368 e. The van der Waals surface area contributed by atoms with Crippen molar-refractivity contribution in [3.63, 3.8) is 0 Å². The van der Waals surface area contributed by atoms with Crippen LogP contribution >= 0.6 is 0 Å². The molecule has 1 aromatic heterocycles. The van der Waals surface area contributed by atoms with Crippen molar-refractivity contribution >= 4 is 22.7 Å². The molecule has 0 fully saturated rings. The Kier molecular flexibility index (Phi) is 5.20. The van der Waals surface area contributed by atoms with Gasteiger partial charge in [0, 0.05) is 29.6 Å². The maximum absolute atomic E-state index is 12.2. The summed E-state index contributed by atoms with van der Waals surface area (Å²) in [6, 6.07) is 8.11. The minimum absolute atomic E-state index is 0.0103. The second kappa shape index (κ2) is 7.11. The molecule has 118 valence electrons. The molecule has 0 aliphatic heterocycles. The smallest absolute Gasteiger partial charge is 0.237 e. The van der Waals surface area contributed by atoms with Crippen LogP contribution in [0.25, 0.3) is 10.9 Å². The van der Waals surface area contributed by atoms with E-state index in [1.807, 2.05) is 38.2 Å². The number of aromatic nitrogens is 1. The van der Waals surface area contributed by atoms with E-state index in [1.54, 1.807) is 0 Å². The van der Waals surface area contributed by atoms with Gasteiger partial charge in [-0.2, -0.15) is 0 Å². The Labute approximate surface area is 130 Å². The van der Waals surface area contributed by atoms with Crippen molar-refractivity contribution in [3.05, 3.63) is 36.0 Å². The fourth-order valence-electron chi connectivity index (χ4n) is 2.64. The van der Waals surface area contributed by atoms with Crippen molar-refractivity contribution in [2.24, 2.45) is 5.73 Å². The molecule has 1 aromatic carbocycles. The van der Waals surface area contributed by atoms with Gasteiger partial charge in [-0.25, -0.2) is 0 Å². The molecule has 0 aliphatic rings. The average Bonchev–Trinajstić information content (AvgIpc) is 2.87. The molecule has 0 bridgehead atoms. The maximum Gasteiger partial charge on any atom is 0.237 e. The quantitative estimate of drug-likeness (QED) is 0.822. The molecular weight excluding hydrogens is 278 g/mol. The van der Waals surface area contributed by atoms with Crippen LogP contribution in [0.3, 0.4) is 0 Å². The standard InChI is InChI=1S/C17H23N3O2/c1-12(2)20(11-16(18)21)17(22)9-5-6-13-10-19-15-8-4-3-7-14(13)15/h3-4,7-8,10,12,19H,5-6,9,11H2,1-2H3,(H2,18,21). The van der Waals surface area contributed by atoms with Crippen molar-refractivity contribution in [2.75, 3.05) is 6.54 Å². The number of nitrogens with one attached hydrogen (secondary N) is 1. The molecule has 0 spiro atoms. The number of benzene rings is 1. The van der Waals surface area contributed by atoms with Crippen molar-refractivity contribution < 1.29 is 9.59 Å². The van der Waals surface area contributed by atoms with Crippen LogP contribution in [-0.4, -0.2) is 34.3 Å². The summed E-state index contributed by atoms with van der Waals surface area (Å²) in [5.41, 5.74) is 7.53. The molecule has 3 N–H and O–H groups in total. The van der Waals surface area contributed by atoms with Crippen molar-refractivity contribution in [2.45, 2.75) is 39.2 Å². The van der Waals surface area contributed by atoms with Crippen LogP contribution in [0.2, 0.25) is 0 Å². The van der Waals surface area contributed by atoms with E-state index in [4.69, 9.17) is 5.73 Å². The number of carbonyl (C=O) groups is 2. The van der Waals surface area contributed by atoms with Gasteiger partial charge in [0.15, 0.2) is 0 Å². The van der Waals surface area contributed by atoms with Crippen LogP contribution in [0, 0.1) is 0 Å². The number of aromatic amines is 1. The Bertz CT molecular complexity index is 661. The second-order valence-corrected chi connectivity index (χ2v) is 5.79. The van der Waals surface area contributed by atoms with Crippen LogP contribution in [0.4, 0.5) is 0 Å². The van der Waals surface area contributed by atoms with Crippen LogP contribution in [-0.2, 0) is 16.0 Å². The summed E-state index contributed by atoms with van der Waals surface area (Å²) in [5, 5.41) is 1.20. The molecule has 0 aliphatic carbocycles.